The number of Topliss-reactive ketones (excluding diaryl/α,β-unsaturated/α-hetero) is 3. The van der Waals surface area contributed by atoms with Gasteiger partial charge in [-0.15, -0.1) is 0 Å². The molecule has 0 radical (unpaired) electrons. The number of likely N-dealkylation sites (N-methyl/N-ethyl adjacent to an activating group) is 1. The number of aliphatic hydroxyl groups is 3. The number of rotatable bonds is 7. The molecule has 1 amide bonds. The van der Waals surface area contributed by atoms with E-state index in [1.54, 1.807) is 14.1 Å². The van der Waals surface area contributed by atoms with Crippen LogP contribution in [-0.4, -0.2) is 80.4 Å². The second kappa shape index (κ2) is 9.66. The van der Waals surface area contributed by atoms with Crippen molar-refractivity contribution >= 4 is 29.0 Å². The molecule has 2 saturated carbocycles. The van der Waals surface area contributed by atoms with E-state index in [-0.39, 0.29) is 35.5 Å². The van der Waals surface area contributed by atoms with Crippen LogP contribution in [0.2, 0.25) is 0 Å². The van der Waals surface area contributed by atoms with Crippen LogP contribution in [0, 0.1) is 17.8 Å². The summed E-state index contributed by atoms with van der Waals surface area (Å²) in [6, 6.07) is 1.82. The molecule has 3 aliphatic rings. The summed E-state index contributed by atoms with van der Waals surface area (Å²) in [5, 5.41) is 44.4. The Bertz CT molecular complexity index is 1210. The van der Waals surface area contributed by atoms with Crippen LogP contribution in [-0.2, 0) is 20.8 Å². The van der Waals surface area contributed by atoms with E-state index in [2.05, 4.69) is 0 Å². The number of unbranched alkanes of at least 4 members (excludes halogenated alkanes) is 2. The summed E-state index contributed by atoms with van der Waals surface area (Å²) in [5.41, 5.74) is 3.13. The first-order valence-electron chi connectivity index (χ1n) is 12.6. The Morgan fingerprint density at radius 3 is 2.43 bits per heavy atom. The molecular weight excluding hydrogens is 480 g/mol. The number of aliphatic hydroxyl groups excluding tert-OH is 2. The van der Waals surface area contributed by atoms with Crippen LogP contribution in [0.4, 0.5) is 0 Å². The lowest BCUT2D eigenvalue weighted by Crippen LogP contribution is -2.73. The molecule has 2 unspecified atom stereocenters. The largest absolute Gasteiger partial charge is 0.507 e. The monoisotopic (exact) mass is 514 g/mol. The summed E-state index contributed by atoms with van der Waals surface area (Å²) in [4.78, 5) is 53.8. The van der Waals surface area contributed by atoms with Crippen molar-refractivity contribution in [2.75, 3.05) is 14.1 Å². The van der Waals surface area contributed by atoms with Crippen molar-refractivity contribution in [1.82, 2.24) is 4.90 Å². The molecule has 6 N–H and O–H groups in total. The normalized spacial score (nSPS) is 31.1. The van der Waals surface area contributed by atoms with E-state index in [9.17, 15) is 39.6 Å². The van der Waals surface area contributed by atoms with Gasteiger partial charge in [0.05, 0.1) is 11.7 Å². The highest BCUT2D eigenvalue weighted by Crippen LogP contribution is 2.52. The van der Waals surface area contributed by atoms with Crippen molar-refractivity contribution in [3.63, 3.8) is 0 Å². The maximum absolute atomic E-state index is 13.8. The maximum atomic E-state index is 13.8. The van der Waals surface area contributed by atoms with E-state index in [4.69, 9.17) is 5.73 Å². The van der Waals surface area contributed by atoms with Gasteiger partial charge >= 0.3 is 0 Å². The third-order valence-electron chi connectivity index (χ3n) is 8.28. The van der Waals surface area contributed by atoms with Crippen molar-refractivity contribution in [2.45, 2.75) is 63.2 Å². The van der Waals surface area contributed by atoms with Crippen LogP contribution in [0.5, 0.6) is 5.75 Å². The van der Waals surface area contributed by atoms with Crippen molar-refractivity contribution in [3.8, 4) is 5.75 Å². The fourth-order valence-corrected chi connectivity index (χ4v) is 6.54. The summed E-state index contributed by atoms with van der Waals surface area (Å²) >= 11 is 0. The van der Waals surface area contributed by atoms with Crippen LogP contribution in [0.3, 0.4) is 0 Å². The van der Waals surface area contributed by atoms with Gasteiger partial charge in [0.2, 0.25) is 11.7 Å². The minimum Gasteiger partial charge on any atom is -0.507 e. The SMILES string of the molecule is CCCCCC(=O)c1ccc(O)c2c1C[C@@H]1C[C@@H]3[C@@H](N(C)C)C(O)C(C(N)=O)C(=O)[C@]3(O)C(=O)C1=C2O. The number of carbonyl (C=O) groups is 4. The first-order chi connectivity index (χ1) is 17.4. The molecule has 0 aromatic heterocycles. The average molecular weight is 515 g/mol. The quantitative estimate of drug-likeness (QED) is 0.201. The summed E-state index contributed by atoms with van der Waals surface area (Å²) in [5.74, 6) is -8.12. The number of hydrogen-bond donors (Lipinski definition) is 5. The Kier molecular flexibility index (Phi) is 7.04. The molecule has 10 nitrogen and oxygen atoms in total. The molecule has 1 aromatic carbocycles. The molecule has 0 aliphatic heterocycles. The Balaban J connectivity index is 1.86. The number of phenolic OH excluding ortho intramolecular Hbond substituents is 1. The molecule has 10 heteroatoms. The predicted molar refractivity (Wildman–Crippen MR) is 133 cm³/mol. The number of nitrogens with two attached hydrogens (primary N) is 1. The molecule has 0 spiro atoms. The number of aromatic hydroxyl groups is 1. The average Bonchev–Trinajstić information content (AvgIpc) is 2.81. The molecule has 0 heterocycles. The zero-order valence-corrected chi connectivity index (χ0v) is 21.2. The summed E-state index contributed by atoms with van der Waals surface area (Å²) < 4.78 is 0. The van der Waals surface area contributed by atoms with Gasteiger partial charge < -0.3 is 31.1 Å². The van der Waals surface area contributed by atoms with Crippen molar-refractivity contribution < 1.29 is 39.6 Å². The molecule has 2 fully saturated rings. The summed E-state index contributed by atoms with van der Waals surface area (Å²) in [6.45, 7) is 2.03. The van der Waals surface area contributed by atoms with Crippen molar-refractivity contribution in [1.29, 1.82) is 0 Å². The second-order valence-corrected chi connectivity index (χ2v) is 10.7. The smallest absolute Gasteiger partial charge is 0.230 e. The standard InChI is InChI=1S/C27H34N2O8/c1-4-5-6-7-16(30)13-8-9-17(31)19-14(13)10-12-11-15-21(29(2)3)23(33)20(26(28)36)25(35)27(15,37)24(34)18(12)22(19)32/h8-9,12,15,20-21,23,31-33,37H,4-7,10-11H2,1-3H3,(H2,28,36)/t12-,15-,20?,21-,23?,27-/m1/s1. The van der Waals surface area contributed by atoms with Gasteiger partial charge in [-0.2, -0.15) is 0 Å². The van der Waals surface area contributed by atoms with Gasteiger partial charge in [0.25, 0.3) is 0 Å². The molecule has 3 aliphatic carbocycles. The number of hydrogen-bond acceptors (Lipinski definition) is 9. The number of ketones is 3. The third-order valence-corrected chi connectivity index (χ3v) is 8.28. The van der Waals surface area contributed by atoms with Gasteiger partial charge in [0, 0.05) is 29.5 Å². The Morgan fingerprint density at radius 2 is 1.84 bits per heavy atom. The fourth-order valence-electron chi connectivity index (χ4n) is 6.54. The number of primary amides is 1. The number of benzene rings is 1. The molecule has 6 atom stereocenters. The van der Waals surface area contributed by atoms with Gasteiger partial charge in [0.1, 0.15) is 17.4 Å². The number of amides is 1. The van der Waals surface area contributed by atoms with Crippen LogP contribution in [0.1, 0.15) is 60.5 Å². The van der Waals surface area contributed by atoms with E-state index in [0.717, 1.165) is 12.8 Å². The minimum atomic E-state index is -2.70. The van der Waals surface area contributed by atoms with Gasteiger partial charge in [-0.05, 0) is 57.0 Å². The van der Waals surface area contributed by atoms with Crippen LogP contribution in [0.15, 0.2) is 17.7 Å². The maximum Gasteiger partial charge on any atom is 0.230 e. The predicted octanol–water partition coefficient (Wildman–Crippen LogP) is 0.892. The molecule has 200 valence electrons. The Morgan fingerprint density at radius 1 is 1.16 bits per heavy atom. The van der Waals surface area contributed by atoms with Gasteiger partial charge in [0.15, 0.2) is 17.2 Å². The lowest BCUT2D eigenvalue weighted by Gasteiger charge is -2.53. The fraction of sp³-hybridized carbons (Fsp3) is 0.556. The number of nitrogens with zero attached hydrogens (tertiary/aromatic N) is 1. The topological polar surface area (TPSA) is 178 Å². The van der Waals surface area contributed by atoms with Crippen LogP contribution >= 0.6 is 0 Å². The summed E-state index contributed by atoms with van der Waals surface area (Å²) in [7, 11) is 3.19. The molecular formula is C27H34N2O8. The lowest BCUT2D eigenvalue weighted by atomic mass is 9.54. The highest BCUT2D eigenvalue weighted by atomic mass is 16.3. The van der Waals surface area contributed by atoms with E-state index in [0.29, 0.717) is 24.0 Å². The highest BCUT2D eigenvalue weighted by molar-refractivity contribution is 6.25. The lowest BCUT2D eigenvalue weighted by molar-refractivity contribution is -0.184. The van der Waals surface area contributed by atoms with E-state index >= 15 is 0 Å². The third kappa shape index (κ3) is 3.98. The van der Waals surface area contributed by atoms with Crippen molar-refractivity contribution in [3.05, 3.63) is 34.4 Å². The van der Waals surface area contributed by atoms with Gasteiger partial charge in [-0.3, -0.25) is 19.2 Å². The first-order valence-corrected chi connectivity index (χ1v) is 12.6. The Hall–Kier alpha value is -3.08. The minimum absolute atomic E-state index is 0.0112. The molecule has 37 heavy (non-hydrogen) atoms. The molecule has 4 rings (SSSR count). The van der Waals surface area contributed by atoms with E-state index in [1.807, 2.05) is 6.92 Å². The van der Waals surface area contributed by atoms with Crippen LogP contribution < -0.4 is 5.73 Å². The van der Waals surface area contributed by atoms with Crippen LogP contribution in [0.25, 0.3) is 5.76 Å². The van der Waals surface area contributed by atoms with Crippen molar-refractivity contribution in [2.24, 2.45) is 23.5 Å². The van der Waals surface area contributed by atoms with Gasteiger partial charge in [-0.1, -0.05) is 19.8 Å². The number of phenols is 1. The second-order valence-electron chi connectivity index (χ2n) is 10.7. The number of carbonyl (C=O) groups excluding carboxylic acids is 4. The van der Waals surface area contributed by atoms with Gasteiger partial charge in [-0.25, -0.2) is 0 Å². The summed E-state index contributed by atoms with van der Waals surface area (Å²) in [6.07, 6.45) is 1.39. The molecule has 0 bridgehead atoms. The zero-order valence-electron chi connectivity index (χ0n) is 21.2. The van der Waals surface area contributed by atoms with E-state index < -0.39 is 58.7 Å². The zero-order chi connectivity index (χ0) is 27.4. The molecule has 1 aromatic rings. The number of fused-ring (bicyclic) bond motifs is 3. The first kappa shape index (κ1) is 27.0. The molecule has 0 saturated heterocycles. The van der Waals surface area contributed by atoms with E-state index in [1.165, 1.54) is 17.0 Å². The Labute approximate surface area is 214 Å². The highest BCUT2D eigenvalue weighted by Gasteiger charge is 2.67.